The van der Waals surface area contributed by atoms with E-state index in [0.717, 1.165) is 12.6 Å². The van der Waals surface area contributed by atoms with Crippen molar-refractivity contribution >= 4 is 0 Å². The lowest BCUT2D eigenvalue weighted by atomic mass is 9.93. The average Bonchev–Trinajstić information content (AvgIpc) is 2.84. The van der Waals surface area contributed by atoms with Crippen molar-refractivity contribution in [2.24, 2.45) is 5.41 Å². The van der Waals surface area contributed by atoms with Gasteiger partial charge >= 0.3 is 0 Å². The van der Waals surface area contributed by atoms with E-state index in [-0.39, 0.29) is 0 Å². The molecule has 1 heteroatoms. The fraction of sp³-hybridized carbons (Fsp3) is 0.846. The third-order valence-corrected chi connectivity index (χ3v) is 3.38. The highest BCUT2D eigenvalue weighted by Crippen LogP contribution is 2.49. The molecule has 82 valence electrons. The van der Waals surface area contributed by atoms with Gasteiger partial charge in [-0.1, -0.05) is 19.4 Å². The maximum atomic E-state index is 3.98. The minimum Gasteiger partial charge on any atom is -0.313 e. The molecule has 0 aliphatic heterocycles. The van der Waals surface area contributed by atoms with Crippen molar-refractivity contribution < 1.29 is 0 Å². The molecule has 0 amide bonds. The van der Waals surface area contributed by atoms with Crippen molar-refractivity contribution in [2.75, 3.05) is 6.54 Å². The molecule has 1 rings (SSSR count). The second-order valence-corrected chi connectivity index (χ2v) is 5.16. The lowest BCUT2D eigenvalue weighted by Gasteiger charge is -2.25. The van der Waals surface area contributed by atoms with Crippen LogP contribution in [0.25, 0.3) is 0 Å². The zero-order chi connectivity index (χ0) is 10.6. The normalized spacial score (nSPS) is 20.5. The predicted octanol–water partition coefficient (Wildman–Crippen LogP) is 3.51. The van der Waals surface area contributed by atoms with Crippen LogP contribution in [0.4, 0.5) is 0 Å². The molecule has 1 saturated carbocycles. The van der Waals surface area contributed by atoms with E-state index >= 15 is 0 Å². The first-order valence-electron chi connectivity index (χ1n) is 5.96. The highest BCUT2D eigenvalue weighted by atomic mass is 14.9. The van der Waals surface area contributed by atoms with E-state index in [9.17, 15) is 0 Å². The van der Waals surface area contributed by atoms with Crippen LogP contribution in [0.1, 0.15) is 52.9 Å². The average molecular weight is 195 g/mol. The van der Waals surface area contributed by atoms with Gasteiger partial charge in [0.1, 0.15) is 0 Å². The fourth-order valence-corrected chi connectivity index (χ4v) is 1.95. The topological polar surface area (TPSA) is 12.0 Å². The van der Waals surface area contributed by atoms with Crippen molar-refractivity contribution in [1.29, 1.82) is 0 Å². The van der Waals surface area contributed by atoms with Gasteiger partial charge in [0.25, 0.3) is 0 Å². The lowest BCUT2D eigenvalue weighted by Crippen LogP contribution is -2.36. The Labute approximate surface area is 89.0 Å². The van der Waals surface area contributed by atoms with Gasteiger partial charge < -0.3 is 5.32 Å². The minimum absolute atomic E-state index is 0.602. The number of hydrogen-bond acceptors (Lipinski definition) is 1. The molecule has 1 aliphatic rings. The predicted molar refractivity (Wildman–Crippen MR) is 63.5 cm³/mol. The molecule has 0 aromatic heterocycles. The van der Waals surface area contributed by atoms with E-state index in [2.05, 4.69) is 32.7 Å². The van der Waals surface area contributed by atoms with Gasteiger partial charge in [-0.2, -0.15) is 0 Å². The monoisotopic (exact) mass is 195 g/mol. The first kappa shape index (κ1) is 11.8. The molecule has 0 heterocycles. The smallest absolute Gasteiger partial charge is 0.0124 e. The van der Waals surface area contributed by atoms with Crippen molar-refractivity contribution in [3.63, 3.8) is 0 Å². The molecule has 0 saturated heterocycles. The SMILES string of the molecule is C=C(C)CCC(NCCC)C1(C)CC1. The molecule has 1 N–H and O–H groups in total. The molecule has 1 fully saturated rings. The van der Waals surface area contributed by atoms with E-state index in [1.807, 2.05) is 0 Å². The maximum absolute atomic E-state index is 3.98. The number of rotatable bonds is 7. The van der Waals surface area contributed by atoms with Crippen LogP contribution in [0.2, 0.25) is 0 Å². The number of hydrogen-bond donors (Lipinski definition) is 1. The minimum atomic E-state index is 0.602. The van der Waals surface area contributed by atoms with Crippen LogP contribution in [0.15, 0.2) is 12.2 Å². The molecule has 1 aliphatic carbocycles. The third kappa shape index (κ3) is 3.45. The summed E-state index contributed by atoms with van der Waals surface area (Å²) in [5.74, 6) is 0. The summed E-state index contributed by atoms with van der Waals surface area (Å²) in [6, 6.07) is 0.721. The Kier molecular flexibility index (Phi) is 4.18. The van der Waals surface area contributed by atoms with Crippen molar-refractivity contribution in [3.05, 3.63) is 12.2 Å². The molecular weight excluding hydrogens is 170 g/mol. The summed E-state index contributed by atoms with van der Waals surface area (Å²) in [4.78, 5) is 0. The van der Waals surface area contributed by atoms with Crippen molar-refractivity contribution in [2.45, 2.75) is 58.9 Å². The van der Waals surface area contributed by atoms with Gasteiger partial charge in [0.2, 0.25) is 0 Å². The highest BCUT2D eigenvalue weighted by Gasteiger charge is 2.43. The Hall–Kier alpha value is -0.300. The van der Waals surface area contributed by atoms with Gasteiger partial charge in [0.15, 0.2) is 0 Å². The van der Waals surface area contributed by atoms with E-state index in [1.165, 1.54) is 37.7 Å². The molecule has 14 heavy (non-hydrogen) atoms. The summed E-state index contributed by atoms with van der Waals surface area (Å²) in [6.07, 6.45) is 6.50. The van der Waals surface area contributed by atoms with E-state index in [1.54, 1.807) is 0 Å². The molecule has 0 aromatic rings. The van der Waals surface area contributed by atoms with Gasteiger partial charge in [-0.3, -0.25) is 0 Å². The van der Waals surface area contributed by atoms with Crippen LogP contribution >= 0.6 is 0 Å². The van der Waals surface area contributed by atoms with Gasteiger partial charge in [-0.05, 0) is 51.0 Å². The highest BCUT2D eigenvalue weighted by molar-refractivity contribution is 5.00. The molecule has 1 nitrogen and oxygen atoms in total. The molecule has 0 spiro atoms. The van der Waals surface area contributed by atoms with Crippen LogP contribution in [0, 0.1) is 5.41 Å². The van der Waals surface area contributed by atoms with Crippen LogP contribution in [-0.4, -0.2) is 12.6 Å². The van der Waals surface area contributed by atoms with Gasteiger partial charge in [-0.25, -0.2) is 0 Å². The zero-order valence-corrected chi connectivity index (χ0v) is 10.0. The molecular formula is C13H25N. The van der Waals surface area contributed by atoms with E-state index < -0.39 is 0 Å². The number of nitrogens with one attached hydrogen (secondary N) is 1. The van der Waals surface area contributed by atoms with Crippen LogP contribution in [-0.2, 0) is 0 Å². The van der Waals surface area contributed by atoms with Gasteiger partial charge in [0, 0.05) is 6.04 Å². The van der Waals surface area contributed by atoms with Gasteiger partial charge in [0.05, 0.1) is 0 Å². The first-order valence-corrected chi connectivity index (χ1v) is 5.96. The van der Waals surface area contributed by atoms with Crippen molar-refractivity contribution in [1.82, 2.24) is 5.32 Å². The molecule has 0 aromatic carbocycles. The largest absolute Gasteiger partial charge is 0.313 e. The Bertz CT molecular complexity index is 191. The third-order valence-electron chi connectivity index (χ3n) is 3.38. The quantitative estimate of drug-likeness (QED) is 0.613. The Morgan fingerprint density at radius 1 is 1.50 bits per heavy atom. The summed E-state index contributed by atoms with van der Waals surface area (Å²) in [5, 5.41) is 3.69. The number of allylic oxidation sites excluding steroid dienone is 1. The summed E-state index contributed by atoms with van der Waals surface area (Å²) in [5.41, 5.74) is 1.92. The summed E-state index contributed by atoms with van der Waals surface area (Å²) in [7, 11) is 0. The molecule has 1 unspecified atom stereocenters. The molecule has 1 atom stereocenters. The first-order chi connectivity index (χ1) is 6.58. The standard InChI is InChI=1S/C13H25N/c1-5-10-14-12(7-6-11(2)3)13(4)8-9-13/h12,14H,2,5-10H2,1,3-4H3. The van der Waals surface area contributed by atoms with Crippen LogP contribution < -0.4 is 5.32 Å². The van der Waals surface area contributed by atoms with Crippen LogP contribution in [0.5, 0.6) is 0 Å². The fourth-order valence-electron chi connectivity index (χ4n) is 1.95. The second-order valence-electron chi connectivity index (χ2n) is 5.16. The molecule has 0 bridgehead atoms. The Morgan fingerprint density at radius 3 is 2.57 bits per heavy atom. The second kappa shape index (κ2) is 4.97. The Balaban J connectivity index is 2.33. The van der Waals surface area contributed by atoms with E-state index in [0.29, 0.717) is 5.41 Å². The van der Waals surface area contributed by atoms with Crippen molar-refractivity contribution in [3.8, 4) is 0 Å². The lowest BCUT2D eigenvalue weighted by molar-refractivity contribution is 0.337. The summed E-state index contributed by atoms with van der Waals surface area (Å²) in [6.45, 7) is 11.9. The zero-order valence-electron chi connectivity index (χ0n) is 10.0. The summed E-state index contributed by atoms with van der Waals surface area (Å²) >= 11 is 0. The summed E-state index contributed by atoms with van der Waals surface area (Å²) < 4.78 is 0. The molecule has 0 radical (unpaired) electrons. The van der Waals surface area contributed by atoms with Gasteiger partial charge in [-0.15, -0.1) is 6.58 Å². The Morgan fingerprint density at radius 2 is 2.14 bits per heavy atom. The van der Waals surface area contributed by atoms with E-state index in [4.69, 9.17) is 0 Å². The maximum Gasteiger partial charge on any atom is 0.0124 e. The van der Waals surface area contributed by atoms with Crippen LogP contribution in [0.3, 0.4) is 0 Å².